The lowest BCUT2D eigenvalue weighted by molar-refractivity contribution is 0.444. The van der Waals surface area contributed by atoms with Crippen molar-refractivity contribution in [2.75, 3.05) is 0 Å². The highest BCUT2D eigenvalue weighted by molar-refractivity contribution is 5.85. The molecular weight excluding hydrogens is 240 g/mol. The number of aryl methyl sites for hydroxylation is 1. The smallest absolute Gasteiger partial charge is 0.246 e. The first kappa shape index (κ1) is 11.5. The van der Waals surface area contributed by atoms with Gasteiger partial charge in [-0.25, -0.2) is 0 Å². The molecule has 0 spiro atoms. The van der Waals surface area contributed by atoms with Crippen LogP contribution in [0.2, 0.25) is 0 Å². The second-order valence-electron chi connectivity index (χ2n) is 4.34. The van der Waals surface area contributed by atoms with E-state index in [4.69, 9.17) is 4.74 Å². The van der Waals surface area contributed by atoms with Gasteiger partial charge in [-0.1, -0.05) is 18.2 Å². The summed E-state index contributed by atoms with van der Waals surface area (Å²) in [7, 11) is 0. The Morgan fingerprint density at radius 1 is 1.11 bits per heavy atom. The van der Waals surface area contributed by atoms with Crippen molar-refractivity contribution in [1.29, 1.82) is 0 Å². The van der Waals surface area contributed by atoms with Crippen LogP contribution < -0.4 is 4.74 Å². The number of phenolic OH excluding ortho intramolecular Hbond substituents is 1. The van der Waals surface area contributed by atoms with Gasteiger partial charge in [0.25, 0.3) is 0 Å². The van der Waals surface area contributed by atoms with Crippen molar-refractivity contribution in [1.82, 2.24) is 10.2 Å². The molecule has 0 amide bonds. The Hall–Kier alpha value is -2.62. The zero-order chi connectivity index (χ0) is 13.2. The molecule has 4 nitrogen and oxygen atoms in total. The van der Waals surface area contributed by atoms with Gasteiger partial charge in [-0.05, 0) is 30.7 Å². The summed E-state index contributed by atoms with van der Waals surface area (Å²) in [5.41, 5.74) is 0.920. The molecule has 0 fully saturated rings. The fourth-order valence-corrected chi connectivity index (χ4v) is 1.98. The van der Waals surface area contributed by atoms with Crippen LogP contribution in [-0.4, -0.2) is 15.3 Å². The van der Waals surface area contributed by atoms with Gasteiger partial charge in [0.1, 0.15) is 11.5 Å². The van der Waals surface area contributed by atoms with E-state index in [0.717, 1.165) is 16.3 Å². The molecule has 2 aromatic carbocycles. The van der Waals surface area contributed by atoms with Crippen molar-refractivity contribution in [3.63, 3.8) is 0 Å². The molecule has 0 saturated heterocycles. The Bertz CT molecular complexity index is 716. The van der Waals surface area contributed by atoms with Gasteiger partial charge in [-0.2, -0.15) is 5.10 Å². The van der Waals surface area contributed by atoms with E-state index in [9.17, 15) is 5.11 Å². The number of hydrogen-bond donors (Lipinski definition) is 1. The molecule has 0 saturated carbocycles. The summed E-state index contributed by atoms with van der Waals surface area (Å²) >= 11 is 0. The first-order valence-corrected chi connectivity index (χ1v) is 5.91. The number of rotatable bonds is 2. The van der Waals surface area contributed by atoms with Crippen LogP contribution in [0.15, 0.2) is 48.7 Å². The highest BCUT2D eigenvalue weighted by Gasteiger charge is 2.06. The Morgan fingerprint density at radius 2 is 1.95 bits per heavy atom. The minimum Gasteiger partial charge on any atom is -0.508 e. The van der Waals surface area contributed by atoms with E-state index < -0.39 is 0 Å². The van der Waals surface area contributed by atoms with Crippen LogP contribution >= 0.6 is 0 Å². The molecule has 1 aromatic heterocycles. The van der Waals surface area contributed by atoms with E-state index in [1.807, 2.05) is 37.3 Å². The summed E-state index contributed by atoms with van der Waals surface area (Å²) in [5, 5.41) is 19.3. The molecule has 0 aliphatic heterocycles. The van der Waals surface area contributed by atoms with E-state index in [-0.39, 0.29) is 5.75 Å². The van der Waals surface area contributed by atoms with E-state index in [1.54, 1.807) is 18.3 Å². The predicted octanol–water partition coefficient (Wildman–Crippen LogP) is 3.44. The van der Waals surface area contributed by atoms with Crippen molar-refractivity contribution < 1.29 is 9.84 Å². The topological polar surface area (TPSA) is 55.2 Å². The zero-order valence-corrected chi connectivity index (χ0v) is 10.4. The largest absolute Gasteiger partial charge is 0.508 e. The fraction of sp³-hybridized carbons (Fsp3) is 0.0667. The molecule has 0 bridgehead atoms. The molecule has 1 heterocycles. The SMILES string of the molecule is Cc1cc(O)cc(Oc2nncc3ccccc23)c1. The van der Waals surface area contributed by atoms with Gasteiger partial charge in [-0.15, -0.1) is 5.10 Å². The Kier molecular flexibility index (Phi) is 2.76. The molecule has 0 unspecified atom stereocenters. The number of ether oxygens (including phenoxy) is 1. The molecule has 4 heteroatoms. The second kappa shape index (κ2) is 4.57. The molecule has 3 aromatic rings. The highest BCUT2D eigenvalue weighted by Crippen LogP contribution is 2.29. The minimum absolute atomic E-state index is 0.170. The summed E-state index contributed by atoms with van der Waals surface area (Å²) in [6, 6.07) is 12.8. The standard InChI is InChI=1S/C15H12N2O2/c1-10-6-12(18)8-13(7-10)19-15-14-5-3-2-4-11(14)9-16-17-15/h2-9,18H,1H3. The molecule has 0 radical (unpaired) electrons. The Labute approximate surface area is 110 Å². The van der Waals surface area contributed by atoms with Gasteiger partial charge in [0, 0.05) is 16.8 Å². The fourth-order valence-electron chi connectivity index (χ4n) is 1.98. The number of aromatic hydroxyl groups is 1. The molecule has 0 aliphatic rings. The number of nitrogens with zero attached hydrogens (tertiary/aromatic N) is 2. The first-order chi connectivity index (χ1) is 9.22. The van der Waals surface area contributed by atoms with E-state index in [1.165, 1.54) is 0 Å². The van der Waals surface area contributed by atoms with Crippen LogP contribution in [0.25, 0.3) is 10.8 Å². The third kappa shape index (κ3) is 2.33. The monoisotopic (exact) mass is 252 g/mol. The number of aromatic nitrogens is 2. The van der Waals surface area contributed by atoms with Gasteiger partial charge in [-0.3, -0.25) is 0 Å². The molecule has 0 atom stereocenters. The summed E-state index contributed by atoms with van der Waals surface area (Å²) < 4.78 is 5.72. The predicted molar refractivity (Wildman–Crippen MR) is 72.5 cm³/mol. The number of benzene rings is 2. The second-order valence-corrected chi connectivity index (χ2v) is 4.34. The van der Waals surface area contributed by atoms with Crippen molar-refractivity contribution >= 4 is 10.8 Å². The van der Waals surface area contributed by atoms with Crippen LogP contribution in [0, 0.1) is 6.92 Å². The van der Waals surface area contributed by atoms with Crippen LogP contribution in [0.3, 0.4) is 0 Å². The van der Waals surface area contributed by atoms with Gasteiger partial charge < -0.3 is 9.84 Å². The third-order valence-corrected chi connectivity index (χ3v) is 2.79. The average Bonchev–Trinajstić information content (AvgIpc) is 2.38. The number of hydrogen-bond acceptors (Lipinski definition) is 4. The highest BCUT2D eigenvalue weighted by atomic mass is 16.5. The van der Waals surface area contributed by atoms with E-state index in [0.29, 0.717) is 11.6 Å². The summed E-state index contributed by atoms with van der Waals surface area (Å²) in [5.74, 6) is 1.15. The lowest BCUT2D eigenvalue weighted by atomic mass is 10.2. The normalized spacial score (nSPS) is 10.6. The van der Waals surface area contributed by atoms with Crippen LogP contribution in [-0.2, 0) is 0 Å². The molecule has 19 heavy (non-hydrogen) atoms. The maximum absolute atomic E-state index is 9.57. The molecule has 1 N–H and O–H groups in total. The first-order valence-electron chi connectivity index (χ1n) is 5.91. The molecule has 0 aliphatic carbocycles. The number of fused-ring (bicyclic) bond motifs is 1. The van der Waals surface area contributed by atoms with Crippen LogP contribution in [0.5, 0.6) is 17.4 Å². The quantitative estimate of drug-likeness (QED) is 0.759. The number of phenols is 1. The van der Waals surface area contributed by atoms with Gasteiger partial charge in [0.05, 0.1) is 6.20 Å². The van der Waals surface area contributed by atoms with E-state index in [2.05, 4.69) is 10.2 Å². The molecule has 3 rings (SSSR count). The van der Waals surface area contributed by atoms with Gasteiger partial charge in [0.15, 0.2) is 0 Å². The molecule has 94 valence electrons. The summed E-state index contributed by atoms with van der Waals surface area (Å²) in [4.78, 5) is 0. The van der Waals surface area contributed by atoms with Crippen LogP contribution in [0.1, 0.15) is 5.56 Å². The van der Waals surface area contributed by atoms with E-state index >= 15 is 0 Å². The lowest BCUT2D eigenvalue weighted by Gasteiger charge is -2.08. The van der Waals surface area contributed by atoms with Crippen molar-refractivity contribution in [2.24, 2.45) is 0 Å². The zero-order valence-electron chi connectivity index (χ0n) is 10.4. The van der Waals surface area contributed by atoms with Crippen molar-refractivity contribution in [2.45, 2.75) is 6.92 Å². The summed E-state index contributed by atoms with van der Waals surface area (Å²) in [6.07, 6.45) is 1.69. The molecular formula is C15H12N2O2. The minimum atomic E-state index is 0.170. The van der Waals surface area contributed by atoms with Gasteiger partial charge >= 0.3 is 0 Å². The summed E-state index contributed by atoms with van der Waals surface area (Å²) in [6.45, 7) is 1.89. The maximum atomic E-state index is 9.57. The lowest BCUT2D eigenvalue weighted by Crippen LogP contribution is -1.92. The van der Waals surface area contributed by atoms with Gasteiger partial charge in [0.2, 0.25) is 5.88 Å². The average molecular weight is 252 g/mol. The van der Waals surface area contributed by atoms with Crippen molar-refractivity contribution in [3.8, 4) is 17.4 Å². The third-order valence-electron chi connectivity index (χ3n) is 2.79. The Balaban J connectivity index is 2.05. The van der Waals surface area contributed by atoms with Crippen LogP contribution in [0.4, 0.5) is 0 Å². The Morgan fingerprint density at radius 3 is 2.79 bits per heavy atom. The maximum Gasteiger partial charge on any atom is 0.246 e. The van der Waals surface area contributed by atoms with Crippen molar-refractivity contribution in [3.05, 3.63) is 54.2 Å².